The lowest BCUT2D eigenvalue weighted by Gasteiger charge is -2.18. The molecule has 2 heterocycles. The number of hydrogen-bond acceptors (Lipinski definition) is 3. The molecule has 1 saturated heterocycles. The fourth-order valence-corrected chi connectivity index (χ4v) is 3.31. The first-order valence-corrected chi connectivity index (χ1v) is 8.71. The Morgan fingerprint density at radius 2 is 2.17 bits per heavy atom. The average Bonchev–Trinajstić information content (AvgIpc) is 3.00. The highest BCUT2D eigenvalue weighted by molar-refractivity contribution is 5.81. The Hall–Kier alpha value is -2.14. The molecule has 0 spiro atoms. The van der Waals surface area contributed by atoms with Crippen LogP contribution in [0.3, 0.4) is 0 Å². The molecule has 1 aromatic carbocycles. The molecule has 0 saturated carbocycles. The maximum Gasteiger partial charge on any atom is 0.314 e. The summed E-state index contributed by atoms with van der Waals surface area (Å²) < 4.78 is 0. The number of fused-ring (bicyclic) bond motifs is 1. The second-order valence-electron chi connectivity index (χ2n) is 6.89. The van der Waals surface area contributed by atoms with Gasteiger partial charge in [-0.05, 0) is 50.4 Å². The summed E-state index contributed by atoms with van der Waals surface area (Å²) in [6, 6.07) is 10.5. The molecule has 0 unspecified atom stereocenters. The molecule has 1 aliphatic rings. The fourth-order valence-electron chi connectivity index (χ4n) is 3.31. The van der Waals surface area contributed by atoms with Crippen LogP contribution in [-0.4, -0.2) is 41.6 Å². The first-order valence-electron chi connectivity index (χ1n) is 8.71. The molecule has 5 nitrogen and oxygen atoms in total. The van der Waals surface area contributed by atoms with Crippen molar-refractivity contribution in [3.05, 3.63) is 42.1 Å². The Labute approximate surface area is 143 Å². The lowest BCUT2D eigenvalue weighted by atomic mass is 10.1. The van der Waals surface area contributed by atoms with Gasteiger partial charge in [-0.2, -0.15) is 0 Å². The molecule has 1 fully saturated rings. The number of hydrogen-bond donors (Lipinski definition) is 2. The van der Waals surface area contributed by atoms with Gasteiger partial charge in [0.05, 0.1) is 5.52 Å². The van der Waals surface area contributed by atoms with Gasteiger partial charge >= 0.3 is 6.03 Å². The van der Waals surface area contributed by atoms with Gasteiger partial charge in [-0.3, -0.25) is 9.88 Å². The highest BCUT2D eigenvalue weighted by Crippen LogP contribution is 2.22. The van der Waals surface area contributed by atoms with Crippen molar-refractivity contribution in [3.63, 3.8) is 0 Å². The number of amides is 2. The van der Waals surface area contributed by atoms with E-state index in [0.717, 1.165) is 38.1 Å². The Morgan fingerprint density at radius 1 is 1.33 bits per heavy atom. The molecular weight excluding hydrogens is 300 g/mol. The predicted molar refractivity (Wildman–Crippen MR) is 96.8 cm³/mol. The maximum absolute atomic E-state index is 11.7. The summed E-state index contributed by atoms with van der Waals surface area (Å²) >= 11 is 0. The van der Waals surface area contributed by atoms with Crippen LogP contribution >= 0.6 is 0 Å². The van der Waals surface area contributed by atoms with Gasteiger partial charge in [0.25, 0.3) is 0 Å². The summed E-state index contributed by atoms with van der Waals surface area (Å²) in [5, 5.41) is 7.08. The van der Waals surface area contributed by atoms with Crippen LogP contribution in [0.1, 0.15) is 25.8 Å². The molecule has 1 aromatic heterocycles. The van der Waals surface area contributed by atoms with Gasteiger partial charge in [0.2, 0.25) is 0 Å². The minimum Gasteiger partial charge on any atom is -0.338 e. The number of nitrogens with zero attached hydrogens (tertiary/aromatic N) is 2. The molecule has 128 valence electrons. The Morgan fingerprint density at radius 3 is 3.00 bits per heavy atom. The van der Waals surface area contributed by atoms with E-state index in [1.807, 2.05) is 26.1 Å². The molecular formula is C19H26N4O. The van der Waals surface area contributed by atoms with Gasteiger partial charge in [0, 0.05) is 37.3 Å². The van der Waals surface area contributed by atoms with Crippen LogP contribution in [0.5, 0.6) is 0 Å². The van der Waals surface area contributed by atoms with E-state index in [1.165, 1.54) is 10.9 Å². The van der Waals surface area contributed by atoms with Crippen LogP contribution in [0.2, 0.25) is 0 Å². The zero-order valence-corrected chi connectivity index (χ0v) is 14.5. The highest BCUT2D eigenvalue weighted by atomic mass is 16.2. The number of urea groups is 1. The Bertz CT molecular complexity index is 695. The third-order valence-electron chi connectivity index (χ3n) is 4.47. The first kappa shape index (κ1) is 16.7. The number of benzene rings is 1. The van der Waals surface area contributed by atoms with E-state index >= 15 is 0 Å². The summed E-state index contributed by atoms with van der Waals surface area (Å²) in [6.07, 6.45) is 3.02. The summed E-state index contributed by atoms with van der Waals surface area (Å²) in [5.41, 5.74) is 2.38. The summed E-state index contributed by atoms with van der Waals surface area (Å²) in [4.78, 5) is 18.6. The van der Waals surface area contributed by atoms with Crippen LogP contribution in [0, 0.1) is 5.92 Å². The van der Waals surface area contributed by atoms with Gasteiger partial charge in [0.1, 0.15) is 0 Å². The second-order valence-corrected chi connectivity index (χ2v) is 6.89. The van der Waals surface area contributed by atoms with Crippen LogP contribution < -0.4 is 10.6 Å². The number of rotatable bonds is 5. The smallest absolute Gasteiger partial charge is 0.314 e. The number of aromatic nitrogens is 1. The molecule has 0 bridgehead atoms. The van der Waals surface area contributed by atoms with Crippen molar-refractivity contribution in [2.24, 2.45) is 5.92 Å². The number of carbonyl (C=O) groups is 1. The van der Waals surface area contributed by atoms with E-state index in [9.17, 15) is 4.79 Å². The van der Waals surface area contributed by atoms with Gasteiger partial charge in [-0.15, -0.1) is 0 Å². The van der Waals surface area contributed by atoms with Gasteiger partial charge in [0.15, 0.2) is 0 Å². The molecule has 24 heavy (non-hydrogen) atoms. The van der Waals surface area contributed by atoms with E-state index in [0.29, 0.717) is 5.92 Å². The molecule has 2 amide bonds. The van der Waals surface area contributed by atoms with Crippen molar-refractivity contribution >= 4 is 16.9 Å². The molecule has 0 radical (unpaired) electrons. The first-order chi connectivity index (χ1) is 11.6. The third-order valence-corrected chi connectivity index (χ3v) is 4.47. The number of carbonyl (C=O) groups excluding carboxylic acids is 1. The van der Waals surface area contributed by atoms with Gasteiger partial charge < -0.3 is 10.6 Å². The molecule has 0 aliphatic carbocycles. The van der Waals surface area contributed by atoms with Crippen LogP contribution in [0.15, 0.2) is 36.5 Å². The molecule has 5 heteroatoms. The zero-order chi connectivity index (χ0) is 16.9. The van der Waals surface area contributed by atoms with Gasteiger partial charge in [-0.1, -0.05) is 18.2 Å². The summed E-state index contributed by atoms with van der Waals surface area (Å²) in [6.45, 7) is 7.73. The quantitative estimate of drug-likeness (QED) is 0.888. The number of para-hydroxylation sites is 1. The maximum atomic E-state index is 11.7. The van der Waals surface area contributed by atoms with E-state index in [4.69, 9.17) is 0 Å². The Kier molecular flexibility index (Phi) is 5.30. The average molecular weight is 326 g/mol. The molecule has 1 aliphatic heterocycles. The standard InChI is InChI=1S/C19H26N4O/c1-14(2)22-19(24)21-11-15-8-10-23(12-15)13-16-7-9-20-18-6-4-3-5-17(16)18/h3-7,9,14-15H,8,10-13H2,1-2H3,(H2,21,22,24)/t15-/m0/s1. The van der Waals surface area contributed by atoms with E-state index in [2.05, 4.69) is 44.8 Å². The van der Waals surface area contributed by atoms with Crippen LogP contribution in [0.25, 0.3) is 10.9 Å². The van der Waals surface area contributed by atoms with Crippen molar-refractivity contribution in [2.45, 2.75) is 32.9 Å². The molecule has 2 N–H and O–H groups in total. The Balaban J connectivity index is 1.53. The highest BCUT2D eigenvalue weighted by Gasteiger charge is 2.23. The molecule has 1 atom stereocenters. The largest absolute Gasteiger partial charge is 0.338 e. The fraction of sp³-hybridized carbons (Fsp3) is 0.474. The van der Waals surface area contributed by atoms with Gasteiger partial charge in [-0.25, -0.2) is 4.79 Å². The van der Waals surface area contributed by atoms with E-state index in [1.54, 1.807) is 0 Å². The predicted octanol–water partition coefficient (Wildman–Crippen LogP) is 2.76. The van der Waals surface area contributed by atoms with Crippen molar-refractivity contribution in [1.29, 1.82) is 0 Å². The molecule has 3 rings (SSSR count). The minimum absolute atomic E-state index is 0.0661. The van der Waals surface area contributed by atoms with Crippen LogP contribution in [0.4, 0.5) is 4.79 Å². The summed E-state index contributed by atoms with van der Waals surface area (Å²) in [7, 11) is 0. The monoisotopic (exact) mass is 326 g/mol. The zero-order valence-electron chi connectivity index (χ0n) is 14.5. The van der Waals surface area contributed by atoms with E-state index < -0.39 is 0 Å². The second kappa shape index (κ2) is 7.62. The summed E-state index contributed by atoms with van der Waals surface area (Å²) in [5.74, 6) is 0.524. The van der Waals surface area contributed by atoms with Crippen LogP contribution in [-0.2, 0) is 6.54 Å². The number of pyridine rings is 1. The topological polar surface area (TPSA) is 57.3 Å². The van der Waals surface area contributed by atoms with Crippen molar-refractivity contribution in [1.82, 2.24) is 20.5 Å². The molecule has 2 aromatic rings. The number of nitrogens with one attached hydrogen (secondary N) is 2. The third kappa shape index (κ3) is 4.23. The normalized spacial score (nSPS) is 18.2. The lowest BCUT2D eigenvalue weighted by Crippen LogP contribution is -2.41. The van der Waals surface area contributed by atoms with E-state index in [-0.39, 0.29) is 12.1 Å². The number of likely N-dealkylation sites (tertiary alicyclic amines) is 1. The van der Waals surface area contributed by atoms with Crippen molar-refractivity contribution < 1.29 is 4.79 Å². The van der Waals surface area contributed by atoms with Crippen molar-refractivity contribution in [3.8, 4) is 0 Å². The SMILES string of the molecule is CC(C)NC(=O)NC[C@@H]1CCN(Cc2ccnc3ccccc23)C1. The minimum atomic E-state index is -0.0661. The van der Waals surface area contributed by atoms with Crippen molar-refractivity contribution in [2.75, 3.05) is 19.6 Å². The lowest BCUT2D eigenvalue weighted by molar-refractivity contribution is 0.236.